The molecule has 3 rings (SSSR count). The van der Waals surface area contributed by atoms with Crippen LogP contribution in [-0.4, -0.2) is 17.6 Å². The molecule has 0 fully saturated rings. The second kappa shape index (κ2) is 7.66. The molecule has 1 heterocycles. The number of nitrogens with zero attached hydrogens (tertiary/aromatic N) is 2. The fourth-order valence-electron chi connectivity index (χ4n) is 2.72. The van der Waals surface area contributed by atoms with Crippen LogP contribution in [0.4, 0.5) is 4.39 Å². The first-order valence-corrected chi connectivity index (χ1v) is 9.03. The maximum absolute atomic E-state index is 13.3. The van der Waals surface area contributed by atoms with Crippen LogP contribution >= 0.6 is 11.3 Å². The molecule has 0 aliphatic rings. The predicted octanol–water partition coefficient (Wildman–Crippen LogP) is 4.20. The van der Waals surface area contributed by atoms with Crippen molar-refractivity contribution in [3.63, 3.8) is 0 Å². The van der Waals surface area contributed by atoms with E-state index in [9.17, 15) is 9.18 Å². The average Bonchev–Trinajstić information content (AvgIpc) is 2.97. The number of benzene rings is 2. The number of aryl methyl sites for hydroxylation is 1. The molecule has 0 saturated carbocycles. The number of thiazole rings is 1. The van der Waals surface area contributed by atoms with E-state index in [0.29, 0.717) is 4.80 Å². The van der Waals surface area contributed by atoms with Crippen LogP contribution in [0, 0.1) is 5.82 Å². The summed E-state index contributed by atoms with van der Waals surface area (Å²) in [7, 11) is 3.51. The number of hydrogen-bond acceptors (Lipinski definition) is 3. The summed E-state index contributed by atoms with van der Waals surface area (Å²) in [6, 6.07) is 13.3. The Morgan fingerprint density at radius 3 is 2.58 bits per heavy atom. The Hall–Kier alpha value is -2.73. The molecule has 4 nitrogen and oxygen atoms in total. The van der Waals surface area contributed by atoms with Crippen molar-refractivity contribution in [2.75, 3.05) is 7.11 Å². The number of carbonyl (C=O) groups is 1. The van der Waals surface area contributed by atoms with Gasteiger partial charge in [0.25, 0.3) is 5.91 Å². The summed E-state index contributed by atoms with van der Waals surface area (Å²) in [6.45, 7) is 2.07. The molecular formula is C20H19FN2O2S. The van der Waals surface area contributed by atoms with Crippen LogP contribution in [0.15, 0.2) is 53.5 Å². The monoisotopic (exact) mass is 370 g/mol. The van der Waals surface area contributed by atoms with Crippen molar-refractivity contribution in [3.8, 4) is 17.0 Å². The Morgan fingerprint density at radius 1 is 1.23 bits per heavy atom. The molecule has 134 valence electrons. The highest BCUT2D eigenvalue weighted by molar-refractivity contribution is 7.09. The average molecular weight is 370 g/mol. The first kappa shape index (κ1) is 18.1. The Kier molecular flexibility index (Phi) is 5.32. The zero-order valence-corrected chi connectivity index (χ0v) is 15.6. The topological polar surface area (TPSA) is 43.6 Å². The lowest BCUT2D eigenvalue weighted by Crippen LogP contribution is -2.14. The van der Waals surface area contributed by atoms with E-state index in [1.807, 2.05) is 35.9 Å². The molecule has 0 aliphatic heterocycles. The lowest BCUT2D eigenvalue weighted by molar-refractivity contribution is 0.0997. The van der Waals surface area contributed by atoms with Gasteiger partial charge < -0.3 is 9.30 Å². The van der Waals surface area contributed by atoms with Gasteiger partial charge in [0.2, 0.25) is 0 Å². The molecule has 2 aromatic carbocycles. The van der Waals surface area contributed by atoms with Gasteiger partial charge >= 0.3 is 0 Å². The van der Waals surface area contributed by atoms with Gasteiger partial charge in [0.15, 0.2) is 4.80 Å². The fraction of sp³-hybridized carbons (Fsp3) is 0.200. The van der Waals surface area contributed by atoms with Crippen LogP contribution in [-0.2, 0) is 13.5 Å². The normalized spacial score (nSPS) is 11.6. The molecule has 0 saturated heterocycles. The van der Waals surface area contributed by atoms with E-state index in [-0.39, 0.29) is 5.56 Å². The van der Waals surface area contributed by atoms with Gasteiger partial charge in [-0.3, -0.25) is 4.79 Å². The van der Waals surface area contributed by atoms with Crippen LogP contribution in [0.5, 0.6) is 5.75 Å². The van der Waals surface area contributed by atoms with E-state index in [1.165, 1.54) is 29.5 Å². The molecule has 0 atom stereocenters. The van der Waals surface area contributed by atoms with Crippen molar-refractivity contribution in [1.82, 2.24) is 4.57 Å². The van der Waals surface area contributed by atoms with Crippen molar-refractivity contribution >= 4 is 17.2 Å². The minimum absolute atomic E-state index is 0.238. The Morgan fingerprint density at radius 2 is 1.96 bits per heavy atom. The van der Waals surface area contributed by atoms with Gasteiger partial charge in [-0.15, -0.1) is 11.3 Å². The minimum atomic E-state index is -0.453. The van der Waals surface area contributed by atoms with E-state index in [2.05, 4.69) is 11.9 Å². The zero-order valence-electron chi connectivity index (χ0n) is 14.8. The first-order chi connectivity index (χ1) is 12.5. The third-order valence-electron chi connectivity index (χ3n) is 4.05. The van der Waals surface area contributed by atoms with Crippen LogP contribution in [0.1, 0.15) is 22.2 Å². The molecule has 6 heteroatoms. The smallest absolute Gasteiger partial charge is 0.279 e. The number of rotatable bonds is 4. The van der Waals surface area contributed by atoms with Crippen LogP contribution < -0.4 is 9.54 Å². The molecule has 0 bridgehead atoms. The molecule has 1 amide bonds. The molecule has 0 N–H and O–H groups in total. The standard InChI is InChI=1S/C20H19FN2O2S/c1-4-17-18(13-8-10-16(25-3)11-9-13)23(2)20(26-17)22-19(24)14-6-5-7-15(21)12-14/h5-12H,4H2,1-3H3. The number of carbonyl (C=O) groups excluding carboxylic acids is 1. The zero-order chi connectivity index (χ0) is 18.7. The van der Waals surface area contributed by atoms with Gasteiger partial charge in [-0.1, -0.05) is 13.0 Å². The summed E-state index contributed by atoms with van der Waals surface area (Å²) >= 11 is 1.47. The van der Waals surface area contributed by atoms with Crippen molar-refractivity contribution < 1.29 is 13.9 Å². The highest BCUT2D eigenvalue weighted by atomic mass is 32.1. The fourth-order valence-corrected chi connectivity index (χ4v) is 3.80. The molecule has 0 unspecified atom stereocenters. The Bertz CT molecular complexity index is 1000. The van der Waals surface area contributed by atoms with E-state index >= 15 is 0 Å². The SMILES string of the molecule is CCc1sc(=NC(=O)c2cccc(F)c2)n(C)c1-c1ccc(OC)cc1. The third kappa shape index (κ3) is 3.60. The van der Waals surface area contributed by atoms with Gasteiger partial charge in [-0.25, -0.2) is 4.39 Å². The quantitative estimate of drug-likeness (QED) is 0.691. The van der Waals surface area contributed by atoms with E-state index in [0.717, 1.165) is 28.3 Å². The van der Waals surface area contributed by atoms with Gasteiger partial charge in [-0.05, 0) is 54.4 Å². The third-order valence-corrected chi connectivity index (χ3v) is 5.33. The summed E-state index contributed by atoms with van der Waals surface area (Å²) in [6.07, 6.45) is 0.823. The highest BCUT2D eigenvalue weighted by Crippen LogP contribution is 2.27. The summed E-state index contributed by atoms with van der Waals surface area (Å²) in [4.78, 5) is 18.3. The van der Waals surface area contributed by atoms with Crippen molar-refractivity contribution in [1.29, 1.82) is 0 Å². The number of halogens is 1. The summed E-state index contributed by atoms with van der Waals surface area (Å²) in [5.74, 6) is -0.115. The number of hydrogen-bond donors (Lipinski definition) is 0. The molecule has 0 spiro atoms. The van der Waals surface area contributed by atoms with Crippen molar-refractivity contribution in [2.24, 2.45) is 12.0 Å². The summed E-state index contributed by atoms with van der Waals surface area (Å²) < 4.78 is 20.5. The van der Waals surface area contributed by atoms with Gasteiger partial charge in [0, 0.05) is 17.5 Å². The number of aromatic nitrogens is 1. The largest absolute Gasteiger partial charge is 0.497 e. The predicted molar refractivity (Wildman–Crippen MR) is 101 cm³/mol. The maximum Gasteiger partial charge on any atom is 0.279 e. The van der Waals surface area contributed by atoms with Crippen molar-refractivity contribution in [3.05, 3.63) is 69.6 Å². The van der Waals surface area contributed by atoms with Gasteiger partial charge in [0.1, 0.15) is 11.6 Å². The number of ether oxygens (including phenoxy) is 1. The first-order valence-electron chi connectivity index (χ1n) is 8.21. The van der Waals surface area contributed by atoms with Gasteiger partial charge in [0.05, 0.1) is 12.8 Å². The number of amides is 1. The highest BCUT2D eigenvalue weighted by Gasteiger charge is 2.14. The summed E-state index contributed by atoms with van der Waals surface area (Å²) in [5, 5.41) is 0. The maximum atomic E-state index is 13.3. The van der Waals surface area contributed by atoms with E-state index < -0.39 is 11.7 Å². The van der Waals surface area contributed by atoms with Crippen molar-refractivity contribution in [2.45, 2.75) is 13.3 Å². The molecule has 1 aromatic heterocycles. The summed E-state index contributed by atoms with van der Waals surface area (Å²) in [5.41, 5.74) is 2.29. The molecule has 0 aliphatic carbocycles. The molecular weight excluding hydrogens is 351 g/mol. The Balaban J connectivity index is 2.06. The van der Waals surface area contributed by atoms with Gasteiger partial charge in [-0.2, -0.15) is 4.99 Å². The lowest BCUT2D eigenvalue weighted by Gasteiger charge is -2.07. The van der Waals surface area contributed by atoms with Crippen LogP contribution in [0.3, 0.4) is 0 Å². The number of methoxy groups -OCH3 is 1. The van der Waals surface area contributed by atoms with Crippen LogP contribution in [0.2, 0.25) is 0 Å². The minimum Gasteiger partial charge on any atom is -0.497 e. The lowest BCUT2D eigenvalue weighted by atomic mass is 10.1. The molecule has 26 heavy (non-hydrogen) atoms. The Labute approximate surface area is 155 Å². The van der Waals surface area contributed by atoms with E-state index in [1.54, 1.807) is 13.2 Å². The molecule has 3 aromatic rings. The second-order valence-corrected chi connectivity index (χ2v) is 6.79. The van der Waals surface area contributed by atoms with E-state index in [4.69, 9.17) is 4.74 Å². The molecule has 0 radical (unpaired) electrons. The van der Waals surface area contributed by atoms with Crippen LogP contribution in [0.25, 0.3) is 11.3 Å². The second-order valence-electron chi connectivity index (χ2n) is 5.72.